The summed E-state index contributed by atoms with van der Waals surface area (Å²) in [4.78, 5) is 2.10. The molecule has 0 unspecified atom stereocenters. The third kappa shape index (κ3) is 4.20. The van der Waals surface area contributed by atoms with Crippen LogP contribution in [0, 0.1) is 6.92 Å². The van der Waals surface area contributed by atoms with E-state index in [-0.39, 0.29) is 0 Å². The summed E-state index contributed by atoms with van der Waals surface area (Å²) < 4.78 is 0. The predicted molar refractivity (Wildman–Crippen MR) is 114 cm³/mol. The SMILES string of the molecule is C=C1/C=C\C=C/N(c2ccccc2)/C=C\C(c2ccccc2C)=C/C1=C. The Bertz CT molecular complexity index is 924. The smallest absolute Gasteiger partial charge is 0.0449 e. The topological polar surface area (TPSA) is 3.24 Å². The van der Waals surface area contributed by atoms with Gasteiger partial charge in [0.2, 0.25) is 0 Å². The van der Waals surface area contributed by atoms with Crippen molar-refractivity contribution in [2.24, 2.45) is 0 Å². The molecule has 2 aromatic rings. The molecule has 1 heterocycles. The fourth-order valence-corrected chi connectivity index (χ4v) is 2.80. The lowest BCUT2D eigenvalue weighted by atomic mass is 9.97. The van der Waals surface area contributed by atoms with Crippen molar-refractivity contribution in [3.8, 4) is 0 Å². The van der Waals surface area contributed by atoms with Crippen LogP contribution in [0.25, 0.3) is 5.57 Å². The van der Waals surface area contributed by atoms with Crippen molar-refractivity contribution in [2.45, 2.75) is 6.92 Å². The summed E-state index contributed by atoms with van der Waals surface area (Å²) >= 11 is 0. The van der Waals surface area contributed by atoms with Crippen LogP contribution >= 0.6 is 0 Å². The highest BCUT2D eigenvalue weighted by molar-refractivity contribution is 5.79. The number of hydrogen-bond acceptors (Lipinski definition) is 1. The van der Waals surface area contributed by atoms with Crippen LogP contribution in [0.4, 0.5) is 5.69 Å². The molecule has 0 aliphatic carbocycles. The van der Waals surface area contributed by atoms with Gasteiger partial charge in [0.15, 0.2) is 0 Å². The summed E-state index contributed by atoms with van der Waals surface area (Å²) in [6, 6.07) is 18.7. The van der Waals surface area contributed by atoms with Crippen molar-refractivity contribution < 1.29 is 0 Å². The third-order valence-corrected chi connectivity index (χ3v) is 4.32. The summed E-state index contributed by atoms with van der Waals surface area (Å²) in [5.41, 5.74) is 6.45. The van der Waals surface area contributed by atoms with Gasteiger partial charge in [-0.05, 0) is 65.1 Å². The zero-order valence-electron chi connectivity index (χ0n) is 15.1. The van der Waals surface area contributed by atoms with Gasteiger partial charge >= 0.3 is 0 Å². The van der Waals surface area contributed by atoms with Gasteiger partial charge < -0.3 is 4.90 Å². The third-order valence-electron chi connectivity index (χ3n) is 4.32. The van der Waals surface area contributed by atoms with Crippen LogP contribution in [0.15, 0.2) is 122 Å². The Kier molecular flexibility index (Phi) is 5.50. The first kappa shape index (κ1) is 17.5. The van der Waals surface area contributed by atoms with E-state index in [1.165, 1.54) is 11.1 Å². The average Bonchev–Trinajstić information content (AvgIpc) is 2.69. The molecule has 1 heteroatoms. The minimum absolute atomic E-state index is 0.905. The first-order valence-electron chi connectivity index (χ1n) is 8.67. The molecule has 0 spiro atoms. The fourth-order valence-electron chi connectivity index (χ4n) is 2.80. The molecule has 2 aromatic carbocycles. The van der Waals surface area contributed by atoms with Gasteiger partial charge in [-0.1, -0.05) is 67.8 Å². The monoisotopic (exact) mass is 337 g/mol. The van der Waals surface area contributed by atoms with Crippen LogP contribution in [0.2, 0.25) is 0 Å². The number of rotatable bonds is 2. The first-order chi connectivity index (χ1) is 12.6. The van der Waals surface area contributed by atoms with E-state index < -0.39 is 0 Å². The molecule has 0 atom stereocenters. The minimum Gasteiger partial charge on any atom is -0.324 e. The van der Waals surface area contributed by atoms with Crippen LogP contribution < -0.4 is 4.90 Å². The largest absolute Gasteiger partial charge is 0.324 e. The summed E-state index contributed by atoms with van der Waals surface area (Å²) in [5.74, 6) is 0. The maximum absolute atomic E-state index is 4.18. The van der Waals surface area contributed by atoms with E-state index in [0.29, 0.717) is 0 Å². The van der Waals surface area contributed by atoms with Gasteiger partial charge in [0, 0.05) is 18.1 Å². The molecule has 0 fully saturated rings. The molecule has 128 valence electrons. The van der Waals surface area contributed by atoms with Gasteiger partial charge in [-0.25, -0.2) is 0 Å². The summed E-state index contributed by atoms with van der Waals surface area (Å²) in [5, 5.41) is 0. The molecule has 0 bridgehead atoms. The Hall–Kier alpha value is -3.32. The molecule has 26 heavy (non-hydrogen) atoms. The van der Waals surface area contributed by atoms with E-state index in [2.05, 4.69) is 79.7 Å². The van der Waals surface area contributed by atoms with Crippen molar-refractivity contribution in [2.75, 3.05) is 4.90 Å². The second-order valence-electron chi connectivity index (χ2n) is 6.22. The van der Waals surface area contributed by atoms with E-state index in [1.807, 2.05) is 42.6 Å². The predicted octanol–water partition coefficient (Wildman–Crippen LogP) is 6.59. The summed E-state index contributed by atoms with van der Waals surface area (Å²) in [6.45, 7) is 10.4. The van der Waals surface area contributed by atoms with Gasteiger partial charge in [-0.3, -0.25) is 0 Å². The molecule has 0 saturated heterocycles. The molecule has 1 aliphatic heterocycles. The van der Waals surface area contributed by atoms with Gasteiger partial charge in [-0.15, -0.1) is 0 Å². The lowest BCUT2D eigenvalue weighted by Gasteiger charge is -2.16. The average molecular weight is 337 g/mol. The maximum Gasteiger partial charge on any atom is 0.0449 e. The summed E-state index contributed by atoms with van der Waals surface area (Å²) in [7, 11) is 0. The minimum atomic E-state index is 0.905. The van der Waals surface area contributed by atoms with Crippen molar-refractivity contribution in [3.05, 3.63) is 133 Å². The van der Waals surface area contributed by atoms with Crippen molar-refractivity contribution in [1.82, 2.24) is 0 Å². The van der Waals surface area contributed by atoms with Gasteiger partial charge in [0.05, 0.1) is 0 Å². The number of nitrogens with zero attached hydrogens (tertiary/aromatic N) is 1. The van der Waals surface area contributed by atoms with E-state index >= 15 is 0 Å². The van der Waals surface area contributed by atoms with Gasteiger partial charge in [0.1, 0.15) is 0 Å². The molecule has 0 aromatic heterocycles. The number of benzene rings is 2. The second kappa shape index (κ2) is 8.17. The molecule has 1 aliphatic rings. The molecule has 0 radical (unpaired) electrons. The normalized spacial score (nSPS) is 20.7. The van der Waals surface area contributed by atoms with Crippen molar-refractivity contribution in [1.29, 1.82) is 0 Å². The number of allylic oxidation sites excluding steroid dienone is 8. The summed E-state index contributed by atoms with van der Waals surface area (Å²) in [6.07, 6.45) is 14.3. The standard InChI is InChI=1S/C25H23N/c1-20-11-9-10-17-26(24-13-5-4-6-14-24)18-16-23(19-22(20)3)25-15-8-7-12-21(25)2/h4-19H,1,3H2,2H3/b11-9-,17-10-,18-16-,23-19+. The highest BCUT2D eigenvalue weighted by Gasteiger charge is 2.06. The van der Waals surface area contributed by atoms with Crippen molar-refractivity contribution in [3.63, 3.8) is 0 Å². The van der Waals surface area contributed by atoms with E-state index in [4.69, 9.17) is 0 Å². The maximum atomic E-state index is 4.18. The van der Waals surface area contributed by atoms with E-state index in [1.54, 1.807) is 0 Å². The number of anilines is 1. The molecular formula is C25H23N. The fraction of sp³-hybridized carbons (Fsp3) is 0.0400. The Morgan fingerprint density at radius 3 is 2.23 bits per heavy atom. The number of para-hydroxylation sites is 1. The molecule has 0 amide bonds. The highest BCUT2D eigenvalue weighted by atomic mass is 15.1. The Morgan fingerprint density at radius 1 is 0.731 bits per heavy atom. The molecule has 1 nitrogen and oxygen atoms in total. The zero-order valence-corrected chi connectivity index (χ0v) is 15.1. The van der Waals surface area contributed by atoms with Crippen molar-refractivity contribution >= 4 is 11.3 Å². The van der Waals surface area contributed by atoms with Crippen LogP contribution in [0.3, 0.4) is 0 Å². The Balaban J connectivity index is 2.09. The number of aryl methyl sites for hydroxylation is 1. The van der Waals surface area contributed by atoms with E-state index in [9.17, 15) is 0 Å². The first-order valence-corrected chi connectivity index (χ1v) is 8.67. The zero-order chi connectivity index (χ0) is 18.4. The number of hydrogen-bond donors (Lipinski definition) is 0. The lowest BCUT2D eigenvalue weighted by molar-refractivity contribution is 1.28. The lowest BCUT2D eigenvalue weighted by Crippen LogP contribution is -2.06. The van der Waals surface area contributed by atoms with E-state index in [0.717, 1.165) is 22.4 Å². The second-order valence-corrected chi connectivity index (χ2v) is 6.22. The highest BCUT2D eigenvalue weighted by Crippen LogP contribution is 2.25. The van der Waals surface area contributed by atoms with Crippen LogP contribution in [0.1, 0.15) is 11.1 Å². The van der Waals surface area contributed by atoms with Crippen LogP contribution in [-0.4, -0.2) is 0 Å². The molecule has 0 N–H and O–H groups in total. The Morgan fingerprint density at radius 2 is 1.46 bits per heavy atom. The molecule has 3 rings (SSSR count). The quantitative estimate of drug-likeness (QED) is 0.597. The molecule has 0 saturated carbocycles. The van der Waals surface area contributed by atoms with Gasteiger partial charge in [-0.2, -0.15) is 0 Å². The van der Waals surface area contributed by atoms with Crippen LogP contribution in [0.5, 0.6) is 0 Å². The Labute approximate surface area is 156 Å². The van der Waals surface area contributed by atoms with Crippen LogP contribution in [-0.2, 0) is 0 Å². The molecular weight excluding hydrogens is 314 g/mol. The van der Waals surface area contributed by atoms with Gasteiger partial charge in [0.25, 0.3) is 0 Å².